The Hall–Kier alpha value is -4.53. The number of nitrogens with one attached hydrogen (secondary N) is 2. The number of ether oxygens (including phenoxy) is 1. The molecule has 0 saturated heterocycles. The van der Waals surface area contributed by atoms with Gasteiger partial charge < -0.3 is 20.5 Å². The van der Waals surface area contributed by atoms with Gasteiger partial charge in [0.25, 0.3) is 0 Å². The van der Waals surface area contributed by atoms with E-state index >= 15 is 0 Å². The zero-order valence-corrected chi connectivity index (χ0v) is 18.3. The number of amides is 2. The largest absolute Gasteiger partial charge is 0.477 e. The molecule has 0 heterocycles. The lowest BCUT2D eigenvalue weighted by Gasteiger charge is -2.14. The van der Waals surface area contributed by atoms with E-state index < -0.39 is 35.2 Å². The third-order valence-corrected chi connectivity index (χ3v) is 5.50. The number of carbonyl (C=O) groups is 3. The van der Waals surface area contributed by atoms with Crippen LogP contribution in [0, 0.1) is 11.6 Å². The lowest BCUT2D eigenvalue weighted by atomic mass is 9.98. The summed E-state index contributed by atoms with van der Waals surface area (Å²) in [5.41, 5.74) is 3.05. The van der Waals surface area contributed by atoms with Crippen LogP contribution in [0.3, 0.4) is 0 Å². The minimum Gasteiger partial charge on any atom is -0.477 e. The number of hydrogen-bond donors (Lipinski definition) is 3. The third kappa shape index (κ3) is 5.19. The Morgan fingerprint density at radius 2 is 1.51 bits per heavy atom. The molecule has 178 valence electrons. The maximum Gasteiger partial charge on any atom is 0.407 e. The molecule has 3 N–H and O–H groups in total. The second kappa shape index (κ2) is 10.2. The first kappa shape index (κ1) is 23.6. The van der Waals surface area contributed by atoms with Gasteiger partial charge in [-0.15, -0.1) is 0 Å². The fourth-order valence-corrected chi connectivity index (χ4v) is 3.99. The quantitative estimate of drug-likeness (QED) is 0.427. The molecular weight excluding hydrogens is 458 g/mol. The summed E-state index contributed by atoms with van der Waals surface area (Å²) in [5.74, 6) is -5.18. The van der Waals surface area contributed by atoms with Crippen LogP contribution in [0.4, 0.5) is 19.3 Å². The second-order valence-corrected chi connectivity index (χ2v) is 7.72. The molecule has 0 unspecified atom stereocenters. The fraction of sp³-hybridized carbons (Fsp3) is 0.115. The van der Waals surface area contributed by atoms with Gasteiger partial charge in [0, 0.05) is 24.2 Å². The van der Waals surface area contributed by atoms with Crippen LogP contribution < -0.4 is 10.6 Å². The van der Waals surface area contributed by atoms with Gasteiger partial charge in [0.15, 0.2) is 0 Å². The van der Waals surface area contributed by atoms with E-state index in [0.29, 0.717) is 12.1 Å². The van der Waals surface area contributed by atoms with Crippen LogP contribution in [0.5, 0.6) is 0 Å². The number of halogens is 2. The standard InChI is InChI=1S/C26H20F2N2O5/c27-21-12-15(13-22(28)24(21)25(32)33)30-23(31)10-5-11-29-26(34)35-14-20-18-8-3-1-6-16(18)17-7-2-4-9-19(17)20/h1-10,12-13,20H,11,14H2,(H,29,34)(H,30,31)(H,32,33)/b10-5+. The van der Waals surface area contributed by atoms with Crippen molar-refractivity contribution < 1.29 is 33.0 Å². The molecule has 3 aromatic carbocycles. The van der Waals surface area contributed by atoms with Crippen molar-refractivity contribution in [1.82, 2.24) is 5.32 Å². The number of carboxylic acids is 1. The molecule has 0 fully saturated rings. The average molecular weight is 478 g/mol. The SMILES string of the molecule is O=C(/C=C/CNC(=O)OCC1c2ccccc2-c2ccccc21)Nc1cc(F)c(C(=O)O)c(F)c1. The molecule has 0 saturated carbocycles. The molecule has 1 aliphatic rings. The molecule has 0 bridgehead atoms. The summed E-state index contributed by atoms with van der Waals surface area (Å²) in [7, 11) is 0. The predicted molar refractivity (Wildman–Crippen MR) is 124 cm³/mol. The third-order valence-electron chi connectivity index (χ3n) is 5.50. The highest BCUT2D eigenvalue weighted by atomic mass is 19.1. The Labute approximate surface area is 199 Å². The highest BCUT2D eigenvalue weighted by molar-refractivity contribution is 5.99. The molecular formula is C26H20F2N2O5. The molecule has 1 aliphatic carbocycles. The number of benzene rings is 3. The zero-order chi connectivity index (χ0) is 24.9. The zero-order valence-electron chi connectivity index (χ0n) is 18.3. The van der Waals surface area contributed by atoms with Gasteiger partial charge in [0.2, 0.25) is 5.91 Å². The smallest absolute Gasteiger partial charge is 0.407 e. The van der Waals surface area contributed by atoms with Crippen molar-refractivity contribution in [3.05, 3.63) is 101 Å². The van der Waals surface area contributed by atoms with E-state index in [9.17, 15) is 23.2 Å². The number of carbonyl (C=O) groups excluding carboxylic acids is 2. The first-order chi connectivity index (χ1) is 16.8. The van der Waals surface area contributed by atoms with Crippen LogP contribution in [0.1, 0.15) is 27.4 Å². The lowest BCUT2D eigenvalue weighted by Crippen LogP contribution is -2.26. The molecule has 35 heavy (non-hydrogen) atoms. The van der Waals surface area contributed by atoms with Gasteiger partial charge in [0.05, 0.1) is 0 Å². The van der Waals surface area contributed by atoms with E-state index in [2.05, 4.69) is 10.6 Å². The van der Waals surface area contributed by atoms with Crippen LogP contribution in [0.25, 0.3) is 11.1 Å². The molecule has 0 radical (unpaired) electrons. The van der Waals surface area contributed by atoms with Crippen molar-refractivity contribution in [3.8, 4) is 11.1 Å². The van der Waals surface area contributed by atoms with Gasteiger partial charge in [0.1, 0.15) is 23.8 Å². The Morgan fingerprint density at radius 1 is 0.943 bits per heavy atom. The summed E-state index contributed by atoms with van der Waals surface area (Å²) in [6.07, 6.45) is 1.73. The summed E-state index contributed by atoms with van der Waals surface area (Å²) in [6.45, 7) is 0.123. The van der Waals surface area contributed by atoms with Crippen molar-refractivity contribution >= 4 is 23.7 Å². The number of aromatic carboxylic acids is 1. The maximum atomic E-state index is 13.7. The van der Waals surface area contributed by atoms with Crippen molar-refractivity contribution in [2.45, 2.75) is 5.92 Å². The first-order valence-corrected chi connectivity index (χ1v) is 10.6. The Kier molecular flexibility index (Phi) is 6.86. The number of carboxylic acid groups (broad SMARTS) is 1. The number of fused-ring (bicyclic) bond motifs is 3. The van der Waals surface area contributed by atoms with Crippen LogP contribution in [0.2, 0.25) is 0 Å². The van der Waals surface area contributed by atoms with Crippen molar-refractivity contribution in [1.29, 1.82) is 0 Å². The second-order valence-electron chi connectivity index (χ2n) is 7.72. The van der Waals surface area contributed by atoms with Gasteiger partial charge in [-0.1, -0.05) is 54.6 Å². The average Bonchev–Trinajstić information content (AvgIpc) is 3.13. The topological polar surface area (TPSA) is 105 Å². The van der Waals surface area contributed by atoms with E-state index in [-0.39, 0.29) is 24.8 Å². The van der Waals surface area contributed by atoms with Gasteiger partial charge >= 0.3 is 12.1 Å². The summed E-state index contributed by atoms with van der Waals surface area (Å²) in [4.78, 5) is 34.9. The monoisotopic (exact) mass is 478 g/mol. The maximum absolute atomic E-state index is 13.7. The van der Waals surface area contributed by atoms with Crippen LogP contribution in [0.15, 0.2) is 72.8 Å². The summed E-state index contributed by atoms with van der Waals surface area (Å²) in [5, 5.41) is 13.5. The molecule has 0 aromatic heterocycles. The Morgan fingerprint density at radius 3 is 2.09 bits per heavy atom. The van der Waals surface area contributed by atoms with Crippen LogP contribution in [-0.4, -0.2) is 36.2 Å². The summed E-state index contributed by atoms with van der Waals surface area (Å²) < 4.78 is 32.8. The van der Waals surface area contributed by atoms with E-state index in [1.54, 1.807) is 0 Å². The predicted octanol–water partition coefficient (Wildman–Crippen LogP) is 4.70. The van der Waals surface area contributed by atoms with Crippen molar-refractivity contribution in [2.75, 3.05) is 18.5 Å². The molecule has 0 atom stereocenters. The van der Waals surface area contributed by atoms with E-state index in [1.807, 2.05) is 48.5 Å². The first-order valence-electron chi connectivity index (χ1n) is 10.6. The highest BCUT2D eigenvalue weighted by Crippen LogP contribution is 2.44. The van der Waals surface area contributed by atoms with Gasteiger partial charge in [-0.3, -0.25) is 4.79 Å². The number of alkyl carbamates (subject to hydrolysis) is 1. The molecule has 7 nitrogen and oxygen atoms in total. The summed E-state index contributed by atoms with van der Waals surface area (Å²) >= 11 is 0. The van der Waals surface area contributed by atoms with Crippen LogP contribution >= 0.6 is 0 Å². The lowest BCUT2D eigenvalue weighted by molar-refractivity contribution is -0.111. The molecule has 0 aliphatic heterocycles. The number of hydrogen-bond acceptors (Lipinski definition) is 4. The highest BCUT2D eigenvalue weighted by Gasteiger charge is 2.28. The van der Waals surface area contributed by atoms with Gasteiger partial charge in [-0.05, 0) is 34.4 Å². The van der Waals surface area contributed by atoms with E-state index in [1.165, 1.54) is 6.08 Å². The van der Waals surface area contributed by atoms with Crippen molar-refractivity contribution in [3.63, 3.8) is 0 Å². The van der Waals surface area contributed by atoms with Gasteiger partial charge in [-0.25, -0.2) is 18.4 Å². The Bertz CT molecular complexity index is 1270. The number of rotatable bonds is 7. The minimum absolute atomic E-state index is 0.0230. The molecule has 2 amide bonds. The number of anilines is 1. The van der Waals surface area contributed by atoms with E-state index in [4.69, 9.17) is 9.84 Å². The van der Waals surface area contributed by atoms with Crippen LogP contribution in [-0.2, 0) is 9.53 Å². The van der Waals surface area contributed by atoms with E-state index in [0.717, 1.165) is 28.3 Å². The molecule has 9 heteroatoms. The normalized spacial score (nSPS) is 12.2. The summed E-state index contributed by atoms with van der Waals surface area (Å²) in [6, 6.07) is 17.3. The van der Waals surface area contributed by atoms with Gasteiger partial charge in [-0.2, -0.15) is 0 Å². The molecule has 3 aromatic rings. The molecule has 0 spiro atoms. The minimum atomic E-state index is -1.75. The fourth-order valence-electron chi connectivity index (χ4n) is 3.99. The van der Waals surface area contributed by atoms with Crippen molar-refractivity contribution in [2.24, 2.45) is 0 Å². The molecule has 4 rings (SSSR count). The Balaban J connectivity index is 1.27.